The van der Waals surface area contributed by atoms with Gasteiger partial charge in [-0.2, -0.15) is 0 Å². The molecule has 8 heteroatoms. The molecule has 2 aliphatic rings. The van der Waals surface area contributed by atoms with Gasteiger partial charge in [-0.05, 0) is 72.5 Å². The summed E-state index contributed by atoms with van der Waals surface area (Å²) in [6.07, 6.45) is 4.07. The first kappa shape index (κ1) is 20.6. The van der Waals surface area contributed by atoms with Crippen molar-refractivity contribution >= 4 is 27.0 Å². The van der Waals surface area contributed by atoms with Crippen molar-refractivity contribution in [2.45, 2.75) is 44.9 Å². The number of piperidine rings is 1. The summed E-state index contributed by atoms with van der Waals surface area (Å²) in [6, 6.07) is 9.44. The van der Waals surface area contributed by atoms with E-state index in [0.717, 1.165) is 60.2 Å². The van der Waals surface area contributed by atoms with Gasteiger partial charge in [0.25, 0.3) is 11.1 Å². The molecule has 3 aromatic heterocycles. The van der Waals surface area contributed by atoms with Gasteiger partial charge < -0.3 is 10.2 Å². The minimum absolute atomic E-state index is 0.00629. The lowest BCUT2D eigenvalue weighted by molar-refractivity contribution is 0.171. The molecule has 0 spiro atoms. The first-order chi connectivity index (χ1) is 15.0. The Bertz CT molecular complexity index is 1240. The highest BCUT2D eigenvalue weighted by Crippen LogP contribution is 2.25. The van der Waals surface area contributed by atoms with Crippen molar-refractivity contribution in [3.63, 3.8) is 0 Å². The number of nitrogens with zero attached hydrogens (tertiary/aromatic N) is 4. The lowest BCUT2D eigenvalue weighted by Crippen LogP contribution is -2.44. The van der Waals surface area contributed by atoms with E-state index in [1.54, 1.807) is 16.7 Å². The third kappa shape index (κ3) is 4.00. The molecule has 1 unspecified atom stereocenters. The van der Waals surface area contributed by atoms with Crippen LogP contribution in [0.2, 0.25) is 0 Å². The van der Waals surface area contributed by atoms with Crippen LogP contribution in [-0.2, 0) is 13.1 Å². The van der Waals surface area contributed by atoms with Crippen molar-refractivity contribution in [3.05, 3.63) is 73.0 Å². The Balaban J connectivity index is 1.21. The van der Waals surface area contributed by atoms with Crippen molar-refractivity contribution in [1.82, 2.24) is 24.3 Å². The van der Waals surface area contributed by atoms with E-state index in [4.69, 9.17) is 0 Å². The van der Waals surface area contributed by atoms with Crippen LogP contribution >= 0.6 is 15.9 Å². The number of pyridine rings is 3. The first-order valence-electron chi connectivity index (χ1n) is 10.8. The summed E-state index contributed by atoms with van der Waals surface area (Å²) in [7, 11) is 0. The molecule has 0 aliphatic carbocycles. The van der Waals surface area contributed by atoms with Crippen LogP contribution in [0.1, 0.15) is 30.1 Å². The molecule has 162 valence electrons. The first-order valence-corrected chi connectivity index (χ1v) is 11.6. The molecule has 1 saturated heterocycles. The predicted molar refractivity (Wildman–Crippen MR) is 124 cm³/mol. The second-order valence-corrected chi connectivity index (χ2v) is 9.48. The Morgan fingerprint density at radius 1 is 1.13 bits per heavy atom. The number of rotatable bonds is 5. The quantitative estimate of drug-likeness (QED) is 0.603. The lowest BCUT2D eigenvalue weighted by Gasteiger charge is -2.34. The minimum Gasteiger partial charge on any atom is -0.310 e. The maximum absolute atomic E-state index is 12.6. The summed E-state index contributed by atoms with van der Waals surface area (Å²) in [5, 5.41) is 4.60. The van der Waals surface area contributed by atoms with Gasteiger partial charge in [0.2, 0.25) is 0 Å². The highest BCUT2D eigenvalue weighted by molar-refractivity contribution is 9.10. The van der Waals surface area contributed by atoms with Gasteiger partial charge in [-0.15, -0.1) is 0 Å². The van der Waals surface area contributed by atoms with E-state index in [-0.39, 0.29) is 17.2 Å². The summed E-state index contributed by atoms with van der Waals surface area (Å²) in [6.45, 7) is 6.14. The Labute approximate surface area is 188 Å². The number of likely N-dealkylation sites (tertiary alicyclic amines) is 1. The largest absolute Gasteiger partial charge is 0.310 e. The average Bonchev–Trinajstić information content (AvgIpc) is 3.15. The maximum atomic E-state index is 12.6. The molecule has 0 bridgehead atoms. The smallest absolute Gasteiger partial charge is 0.252 e. The number of hydrogen-bond donors (Lipinski definition) is 1. The van der Waals surface area contributed by atoms with Crippen molar-refractivity contribution in [2.24, 2.45) is 0 Å². The molecule has 0 radical (unpaired) electrons. The molecule has 1 N–H and O–H groups in total. The van der Waals surface area contributed by atoms with Crippen LogP contribution in [0.3, 0.4) is 0 Å². The SMILES string of the molecule is Cc1ncc(CNC2CCN(CC3Cn4c(=O)ccc5ccc(=O)n3c54)CC2)cc1Br. The molecule has 3 aromatic rings. The van der Waals surface area contributed by atoms with Crippen molar-refractivity contribution in [1.29, 1.82) is 0 Å². The second kappa shape index (κ2) is 8.33. The molecule has 0 saturated carbocycles. The molecule has 5 heterocycles. The van der Waals surface area contributed by atoms with Gasteiger partial charge in [0.15, 0.2) is 0 Å². The van der Waals surface area contributed by atoms with E-state index >= 15 is 0 Å². The standard InChI is InChI=1S/C23H26BrN5O2/c1-15-20(24)10-16(11-25-15)12-26-18-6-8-27(9-7-18)13-19-14-28-21(30)4-2-17-3-5-22(31)29(19)23(17)28/h2-5,10-11,18-19,26H,6-9,12-14H2,1H3. The van der Waals surface area contributed by atoms with Crippen LogP contribution < -0.4 is 16.4 Å². The number of hydrogen-bond acceptors (Lipinski definition) is 5. The van der Waals surface area contributed by atoms with Gasteiger partial charge >= 0.3 is 0 Å². The van der Waals surface area contributed by atoms with E-state index in [2.05, 4.69) is 37.2 Å². The summed E-state index contributed by atoms with van der Waals surface area (Å²) in [4.78, 5) is 31.8. The molecule has 7 nitrogen and oxygen atoms in total. The Hall–Kier alpha value is -2.29. The number of nitrogens with one attached hydrogen (secondary N) is 1. The highest BCUT2D eigenvalue weighted by atomic mass is 79.9. The molecule has 1 atom stereocenters. The molecular weight excluding hydrogens is 458 g/mol. The van der Waals surface area contributed by atoms with E-state index in [0.29, 0.717) is 12.6 Å². The van der Waals surface area contributed by atoms with Gasteiger partial charge in [-0.1, -0.05) is 0 Å². The van der Waals surface area contributed by atoms with Gasteiger partial charge in [-0.25, -0.2) is 0 Å². The predicted octanol–water partition coefficient (Wildman–Crippen LogP) is 2.44. The third-order valence-corrected chi connectivity index (χ3v) is 7.35. The number of aromatic nitrogens is 3. The van der Waals surface area contributed by atoms with Gasteiger partial charge in [0, 0.05) is 53.9 Å². The fourth-order valence-electron chi connectivity index (χ4n) is 4.81. The lowest BCUT2D eigenvalue weighted by atomic mass is 10.0. The maximum Gasteiger partial charge on any atom is 0.252 e. The topological polar surface area (TPSA) is 72.2 Å². The molecule has 1 fully saturated rings. The Morgan fingerprint density at radius 3 is 2.61 bits per heavy atom. The van der Waals surface area contributed by atoms with Gasteiger partial charge in [0.05, 0.1) is 11.7 Å². The summed E-state index contributed by atoms with van der Waals surface area (Å²) < 4.78 is 4.62. The summed E-state index contributed by atoms with van der Waals surface area (Å²) >= 11 is 3.55. The normalized spacial score (nSPS) is 19.4. The zero-order valence-corrected chi connectivity index (χ0v) is 19.1. The molecular formula is C23H26BrN5O2. The van der Waals surface area contributed by atoms with Crippen LogP contribution in [-0.4, -0.2) is 44.7 Å². The number of halogens is 1. The molecule has 0 aromatic carbocycles. The zero-order chi connectivity index (χ0) is 21.5. The fraction of sp³-hybridized carbons (Fsp3) is 0.435. The summed E-state index contributed by atoms with van der Waals surface area (Å²) in [5.74, 6) is 0. The Morgan fingerprint density at radius 2 is 1.87 bits per heavy atom. The summed E-state index contributed by atoms with van der Waals surface area (Å²) in [5.41, 5.74) is 2.89. The van der Waals surface area contributed by atoms with E-state index in [1.165, 1.54) is 5.56 Å². The third-order valence-electron chi connectivity index (χ3n) is 6.55. The van der Waals surface area contributed by atoms with Crippen LogP contribution in [0.4, 0.5) is 0 Å². The van der Waals surface area contributed by atoms with Crippen LogP contribution in [0.25, 0.3) is 11.0 Å². The molecule has 31 heavy (non-hydrogen) atoms. The Kier molecular flexibility index (Phi) is 5.54. The van der Waals surface area contributed by atoms with Gasteiger partial charge in [-0.3, -0.25) is 23.7 Å². The van der Waals surface area contributed by atoms with Crippen molar-refractivity contribution in [2.75, 3.05) is 19.6 Å². The zero-order valence-electron chi connectivity index (χ0n) is 17.6. The monoisotopic (exact) mass is 483 g/mol. The fourth-order valence-corrected chi connectivity index (χ4v) is 5.21. The van der Waals surface area contributed by atoms with E-state index < -0.39 is 0 Å². The van der Waals surface area contributed by atoms with E-state index in [9.17, 15) is 9.59 Å². The van der Waals surface area contributed by atoms with Crippen LogP contribution in [0, 0.1) is 6.92 Å². The van der Waals surface area contributed by atoms with E-state index in [1.807, 2.05) is 29.8 Å². The molecule has 2 aliphatic heterocycles. The molecule has 5 rings (SSSR count). The van der Waals surface area contributed by atoms with Crippen LogP contribution in [0.15, 0.2) is 50.6 Å². The van der Waals surface area contributed by atoms with Gasteiger partial charge in [0.1, 0.15) is 5.65 Å². The highest BCUT2D eigenvalue weighted by Gasteiger charge is 2.29. The van der Waals surface area contributed by atoms with Crippen molar-refractivity contribution < 1.29 is 0 Å². The second-order valence-electron chi connectivity index (χ2n) is 8.62. The average molecular weight is 484 g/mol. The van der Waals surface area contributed by atoms with Crippen molar-refractivity contribution in [3.8, 4) is 0 Å². The minimum atomic E-state index is -0.0329. The molecule has 0 amide bonds. The number of aryl methyl sites for hydroxylation is 1. The van der Waals surface area contributed by atoms with Crippen LogP contribution in [0.5, 0.6) is 0 Å².